The third kappa shape index (κ3) is 3.20. The molecule has 1 aromatic carbocycles. The smallest absolute Gasteiger partial charge is 0.260 e. The second kappa shape index (κ2) is 6.15. The van der Waals surface area contributed by atoms with Crippen molar-refractivity contribution in [3.63, 3.8) is 0 Å². The van der Waals surface area contributed by atoms with E-state index in [0.717, 1.165) is 10.9 Å². The van der Waals surface area contributed by atoms with E-state index in [1.807, 2.05) is 30.3 Å². The molecule has 1 atom stereocenters. The van der Waals surface area contributed by atoms with Gasteiger partial charge in [0.15, 0.2) is 6.10 Å². The van der Waals surface area contributed by atoms with Crippen LogP contribution in [-0.4, -0.2) is 30.1 Å². The predicted octanol–water partition coefficient (Wildman–Crippen LogP) is 1.08. The highest BCUT2D eigenvalue weighted by Crippen LogP contribution is 2.23. The van der Waals surface area contributed by atoms with Gasteiger partial charge in [-0.2, -0.15) is 0 Å². The molecule has 0 spiro atoms. The number of carbonyl (C=O) groups excluding carboxylic acids is 1. The average Bonchev–Trinajstić information content (AvgIpc) is 2.45. The van der Waals surface area contributed by atoms with Gasteiger partial charge in [-0.15, -0.1) is 0 Å². The summed E-state index contributed by atoms with van der Waals surface area (Å²) in [5.41, 5.74) is 6.09. The van der Waals surface area contributed by atoms with E-state index >= 15 is 0 Å². The zero-order chi connectivity index (χ0) is 13.7. The molecule has 0 radical (unpaired) electrons. The van der Waals surface area contributed by atoms with Crippen molar-refractivity contribution in [2.45, 2.75) is 13.0 Å². The van der Waals surface area contributed by atoms with Gasteiger partial charge in [0.05, 0.1) is 0 Å². The summed E-state index contributed by atoms with van der Waals surface area (Å²) in [6.07, 6.45) is 1.12. The number of benzene rings is 1. The highest BCUT2D eigenvalue weighted by Gasteiger charge is 2.15. The molecule has 0 aliphatic heterocycles. The molecule has 0 fully saturated rings. The number of para-hydroxylation sites is 1. The summed E-state index contributed by atoms with van der Waals surface area (Å²) in [5, 5.41) is 3.67. The first kappa shape index (κ1) is 13.3. The van der Waals surface area contributed by atoms with E-state index in [0.29, 0.717) is 18.8 Å². The molecule has 19 heavy (non-hydrogen) atoms. The molecule has 0 aliphatic carbocycles. The van der Waals surface area contributed by atoms with Crippen LogP contribution in [0.4, 0.5) is 0 Å². The molecule has 2 rings (SSSR count). The highest BCUT2D eigenvalue weighted by atomic mass is 16.5. The lowest BCUT2D eigenvalue weighted by Gasteiger charge is -2.15. The normalized spacial score (nSPS) is 12.1. The largest absolute Gasteiger partial charge is 0.479 e. The SMILES string of the molecule is CC(Oc1cccc2cccnc12)C(=O)NCCN. The zero-order valence-corrected chi connectivity index (χ0v) is 10.8. The number of fused-ring (bicyclic) bond motifs is 1. The Labute approximate surface area is 111 Å². The Kier molecular flexibility index (Phi) is 4.30. The van der Waals surface area contributed by atoms with E-state index in [4.69, 9.17) is 10.5 Å². The van der Waals surface area contributed by atoms with Crippen molar-refractivity contribution >= 4 is 16.8 Å². The first-order valence-corrected chi connectivity index (χ1v) is 6.20. The van der Waals surface area contributed by atoms with E-state index in [-0.39, 0.29) is 5.91 Å². The highest BCUT2D eigenvalue weighted by molar-refractivity contribution is 5.85. The van der Waals surface area contributed by atoms with Crippen LogP contribution in [0.2, 0.25) is 0 Å². The fourth-order valence-electron chi connectivity index (χ4n) is 1.75. The Bertz CT molecular complexity index is 566. The van der Waals surface area contributed by atoms with E-state index < -0.39 is 6.10 Å². The number of nitrogens with zero attached hydrogens (tertiary/aromatic N) is 1. The molecule has 1 unspecified atom stereocenters. The maximum absolute atomic E-state index is 11.7. The third-order valence-electron chi connectivity index (χ3n) is 2.71. The summed E-state index contributed by atoms with van der Waals surface area (Å²) in [6, 6.07) is 9.46. The maximum Gasteiger partial charge on any atom is 0.260 e. The molecular formula is C14H17N3O2. The minimum absolute atomic E-state index is 0.182. The Morgan fingerprint density at radius 1 is 1.42 bits per heavy atom. The number of ether oxygens (including phenoxy) is 1. The molecule has 1 heterocycles. The number of amides is 1. The van der Waals surface area contributed by atoms with Gasteiger partial charge in [-0.25, -0.2) is 0 Å². The van der Waals surface area contributed by atoms with Crippen molar-refractivity contribution < 1.29 is 9.53 Å². The van der Waals surface area contributed by atoms with Crippen molar-refractivity contribution in [2.24, 2.45) is 5.73 Å². The van der Waals surface area contributed by atoms with Gasteiger partial charge >= 0.3 is 0 Å². The molecule has 0 bridgehead atoms. The Morgan fingerprint density at radius 2 is 2.21 bits per heavy atom. The van der Waals surface area contributed by atoms with Crippen LogP contribution in [0.15, 0.2) is 36.5 Å². The summed E-state index contributed by atoms with van der Waals surface area (Å²) in [5.74, 6) is 0.423. The van der Waals surface area contributed by atoms with E-state index in [1.165, 1.54) is 0 Å². The Hall–Kier alpha value is -2.14. The van der Waals surface area contributed by atoms with Crippen molar-refractivity contribution in [1.29, 1.82) is 0 Å². The van der Waals surface area contributed by atoms with E-state index in [2.05, 4.69) is 10.3 Å². The fourth-order valence-corrected chi connectivity index (χ4v) is 1.75. The fraction of sp³-hybridized carbons (Fsp3) is 0.286. The maximum atomic E-state index is 11.7. The van der Waals surface area contributed by atoms with Crippen LogP contribution < -0.4 is 15.8 Å². The quantitative estimate of drug-likeness (QED) is 0.842. The van der Waals surface area contributed by atoms with Gasteiger partial charge < -0.3 is 15.8 Å². The molecular weight excluding hydrogens is 242 g/mol. The van der Waals surface area contributed by atoms with Crippen LogP contribution in [0.3, 0.4) is 0 Å². The molecule has 5 nitrogen and oxygen atoms in total. The lowest BCUT2D eigenvalue weighted by atomic mass is 10.2. The van der Waals surface area contributed by atoms with E-state index in [1.54, 1.807) is 13.1 Å². The number of carbonyl (C=O) groups is 1. The van der Waals surface area contributed by atoms with Crippen LogP contribution in [0.5, 0.6) is 5.75 Å². The topological polar surface area (TPSA) is 77.2 Å². The van der Waals surface area contributed by atoms with Gasteiger partial charge in [0.2, 0.25) is 0 Å². The summed E-state index contributed by atoms with van der Waals surface area (Å²) < 4.78 is 5.67. The van der Waals surface area contributed by atoms with Crippen LogP contribution in [0.25, 0.3) is 10.9 Å². The molecule has 100 valence electrons. The third-order valence-corrected chi connectivity index (χ3v) is 2.71. The van der Waals surface area contributed by atoms with Gasteiger partial charge in [0.25, 0.3) is 5.91 Å². The van der Waals surface area contributed by atoms with Gasteiger partial charge in [-0.05, 0) is 19.1 Å². The molecule has 0 aliphatic rings. The second-order valence-electron chi connectivity index (χ2n) is 4.17. The lowest BCUT2D eigenvalue weighted by molar-refractivity contribution is -0.127. The van der Waals surface area contributed by atoms with Crippen molar-refractivity contribution in [3.05, 3.63) is 36.5 Å². The summed E-state index contributed by atoms with van der Waals surface area (Å²) in [6.45, 7) is 2.56. The first-order valence-electron chi connectivity index (χ1n) is 6.20. The number of nitrogens with two attached hydrogens (primary N) is 1. The molecule has 0 saturated carbocycles. The van der Waals surface area contributed by atoms with Crippen molar-refractivity contribution in [3.8, 4) is 5.75 Å². The minimum Gasteiger partial charge on any atom is -0.479 e. The average molecular weight is 259 g/mol. The van der Waals surface area contributed by atoms with Crippen LogP contribution in [-0.2, 0) is 4.79 Å². The lowest BCUT2D eigenvalue weighted by Crippen LogP contribution is -2.38. The number of pyridine rings is 1. The molecule has 3 N–H and O–H groups in total. The minimum atomic E-state index is -0.584. The Balaban J connectivity index is 2.15. The zero-order valence-electron chi connectivity index (χ0n) is 10.8. The first-order chi connectivity index (χ1) is 9.22. The number of nitrogens with one attached hydrogen (secondary N) is 1. The number of rotatable bonds is 5. The van der Waals surface area contributed by atoms with Gasteiger partial charge in [-0.3, -0.25) is 9.78 Å². The standard InChI is InChI=1S/C14H17N3O2/c1-10(14(18)17-9-7-15)19-12-6-2-4-11-5-3-8-16-13(11)12/h2-6,8,10H,7,9,15H2,1H3,(H,17,18). The van der Waals surface area contributed by atoms with Crippen LogP contribution in [0, 0.1) is 0 Å². The predicted molar refractivity (Wildman–Crippen MR) is 73.9 cm³/mol. The molecule has 5 heteroatoms. The number of hydrogen-bond donors (Lipinski definition) is 2. The number of hydrogen-bond acceptors (Lipinski definition) is 4. The van der Waals surface area contributed by atoms with Gasteiger partial charge in [-0.1, -0.05) is 18.2 Å². The van der Waals surface area contributed by atoms with Gasteiger partial charge in [0.1, 0.15) is 11.3 Å². The Morgan fingerprint density at radius 3 is 3.00 bits per heavy atom. The van der Waals surface area contributed by atoms with Gasteiger partial charge in [0, 0.05) is 24.7 Å². The molecule has 2 aromatic rings. The molecule has 0 saturated heterocycles. The van der Waals surface area contributed by atoms with E-state index in [9.17, 15) is 4.79 Å². The second-order valence-corrected chi connectivity index (χ2v) is 4.17. The summed E-state index contributed by atoms with van der Waals surface area (Å²) in [7, 11) is 0. The molecule has 1 amide bonds. The molecule has 1 aromatic heterocycles. The monoisotopic (exact) mass is 259 g/mol. The van der Waals surface area contributed by atoms with Crippen LogP contribution >= 0.6 is 0 Å². The summed E-state index contributed by atoms with van der Waals surface area (Å²) in [4.78, 5) is 16.0. The van der Waals surface area contributed by atoms with Crippen molar-refractivity contribution in [2.75, 3.05) is 13.1 Å². The number of aromatic nitrogens is 1. The van der Waals surface area contributed by atoms with Crippen molar-refractivity contribution in [1.82, 2.24) is 10.3 Å². The van der Waals surface area contributed by atoms with Crippen LogP contribution in [0.1, 0.15) is 6.92 Å². The summed E-state index contributed by atoms with van der Waals surface area (Å²) >= 11 is 0.